The Morgan fingerprint density at radius 1 is 1.14 bits per heavy atom. The monoisotopic (exact) mass is 524 g/mol. The average molecular weight is 525 g/mol. The van der Waals surface area contributed by atoms with Gasteiger partial charge in [-0.25, -0.2) is 17.2 Å². The highest BCUT2D eigenvalue weighted by Gasteiger charge is 2.56. The van der Waals surface area contributed by atoms with Gasteiger partial charge in [0.25, 0.3) is 5.91 Å². The zero-order chi connectivity index (χ0) is 25.1. The molecule has 1 unspecified atom stereocenters. The number of hydrogen-bond donors (Lipinski definition) is 1. The molecule has 11 heteroatoms. The van der Waals surface area contributed by atoms with Crippen molar-refractivity contribution in [2.45, 2.75) is 35.9 Å². The van der Waals surface area contributed by atoms with Crippen molar-refractivity contribution in [3.8, 4) is 0 Å². The normalized spacial score (nSPS) is 24.5. The van der Waals surface area contributed by atoms with E-state index < -0.39 is 45.4 Å². The van der Waals surface area contributed by atoms with Crippen molar-refractivity contribution >= 4 is 33.3 Å². The van der Waals surface area contributed by atoms with Crippen LogP contribution in [0.25, 0.3) is 0 Å². The minimum Gasteiger partial charge on any atom is -0.381 e. The summed E-state index contributed by atoms with van der Waals surface area (Å²) in [7, 11) is -3.52. The summed E-state index contributed by atoms with van der Waals surface area (Å²) in [6.45, 7) is 0.539. The fraction of sp³-hybridized carbons (Fsp3) is 0.417. The third-order valence-electron chi connectivity index (χ3n) is 6.96. The number of sulfone groups is 1. The zero-order valence-corrected chi connectivity index (χ0v) is 20.3. The van der Waals surface area contributed by atoms with Gasteiger partial charge in [0.05, 0.1) is 29.2 Å². The van der Waals surface area contributed by atoms with Gasteiger partial charge in [-0.3, -0.25) is 9.59 Å². The van der Waals surface area contributed by atoms with Gasteiger partial charge in [0.2, 0.25) is 5.91 Å². The van der Waals surface area contributed by atoms with Gasteiger partial charge in [0.1, 0.15) is 17.7 Å². The number of rotatable bonds is 6. The molecule has 2 saturated heterocycles. The molecule has 35 heavy (non-hydrogen) atoms. The number of hydrogen-bond acceptors (Lipinski definition) is 5. The Balaban J connectivity index is 1.40. The lowest BCUT2D eigenvalue weighted by Gasteiger charge is -2.36. The van der Waals surface area contributed by atoms with Gasteiger partial charge in [-0.15, -0.1) is 0 Å². The Labute approximate surface area is 206 Å². The van der Waals surface area contributed by atoms with Crippen LogP contribution in [0.1, 0.15) is 34.8 Å². The summed E-state index contributed by atoms with van der Waals surface area (Å²) in [5, 5.41) is 2.46. The second-order valence-corrected chi connectivity index (χ2v) is 11.8. The number of nitrogens with one attached hydrogen (secondary N) is 1. The predicted molar refractivity (Wildman–Crippen MR) is 123 cm³/mol. The maximum Gasteiger partial charge on any atom is 0.254 e. The number of halogens is 3. The minimum absolute atomic E-state index is 0.0150. The summed E-state index contributed by atoms with van der Waals surface area (Å²) in [4.78, 5) is 28.3. The smallest absolute Gasteiger partial charge is 0.254 e. The van der Waals surface area contributed by atoms with Crippen LogP contribution in [-0.2, 0) is 19.4 Å². The molecular formula is C24H23ClF2N2O5S. The number of benzene rings is 2. The molecule has 2 aromatic rings. The number of nitrogens with zero attached hydrogens (tertiary/aromatic N) is 1. The number of fused-ring (bicyclic) bond motifs is 1. The first-order valence-corrected chi connectivity index (χ1v) is 13.5. The van der Waals surface area contributed by atoms with Crippen LogP contribution in [0.5, 0.6) is 0 Å². The molecule has 2 aromatic carbocycles. The zero-order valence-electron chi connectivity index (χ0n) is 18.7. The first-order chi connectivity index (χ1) is 16.5. The van der Waals surface area contributed by atoms with E-state index in [1.165, 1.54) is 29.2 Å². The molecule has 2 amide bonds. The van der Waals surface area contributed by atoms with Crippen LogP contribution in [0.2, 0.25) is 5.02 Å². The molecule has 1 aliphatic carbocycles. The number of ether oxygens (including phenoxy) is 1. The maximum atomic E-state index is 14.7. The van der Waals surface area contributed by atoms with E-state index in [9.17, 15) is 26.8 Å². The molecule has 0 aromatic heterocycles. The third-order valence-corrected chi connectivity index (χ3v) is 8.36. The van der Waals surface area contributed by atoms with Crippen LogP contribution >= 0.6 is 11.6 Å². The van der Waals surface area contributed by atoms with Crippen LogP contribution < -0.4 is 5.32 Å². The maximum absolute atomic E-state index is 14.7. The van der Waals surface area contributed by atoms with E-state index in [1.54, 1.807) is 0 Å². The van der Waals surface area contributed by atoms with Crippen molar-refractivity contribution in [3.05, 3.63) is 64.2 Å². The van der Waals surface area contributed by atoms with E-state index in [0.717, 1.165) is 24.8 Å². The highest BCUT2D eigenvalue weighted by atomic mass is 35.5. The van der Waals surface area contributed by atoms with E-state index >= 15 is 0 Å². The standard InChI is InChI=1S/C24H23ClF2N2O5S/c1-35(32,33)15-4-2-3-12(5-15)24(31)29-20-6-13(20)7-21(29)23(30)28-22(14-10-34-11-14)16-8-19(27)17(25)9-18(16)26/h2-5,8-9,13-14,20-22H,6-7,10-11H2,1H3,(H,28,30)/t13-,20-,21-,22?/m1/s1. The Hall–Kier alpha value is -2.56. The van der Waals surface area contributed by atoms with Gasteiger partial charge >= 0.3 is 0 Å². The lowest BCUT2D eigenvalue weighted by atomic mass is 9.90. The van der Waals surface area contributed by atoms with Gasteiger partial charge < -0.3 is 15.0 Å². The molecule has 4 atom stereocenters. The molecule has 3 aliphatic rings. The van der Waals surface area contributed by atoms with E-state index in [-0.39, 0.29) is 52.1 Å². The molecule has 2 heterocycles. The first kappa shape index (κ1) is 24.1. The van der Waals surface area contributed by atoms with Crippen molar-refractivity contribution in [1.82, 2.24) is 10.2 Å². The average Bonchev–Trinajstić information content (AvgIpc) is 3.43. The predicted octanol–water partition coefficient (Wildman–Crippen LogP) is 3.13. The second kappa shape index (κ2) is 8.83. The highest BCUT2D eigenvalue weighted by molar-refractivity contribution is 7.90. The summed E-state index contributed by atoms with van der Waals surface area (Å²) in [5.74, 6) is -2.55. The van der Waals surface area contributed by atoms with Gasteiger partial charge in [0, 0.05) is 29.3 Å². The van der Waals surface area contributed by atoms with Crippen LogP contribution in [-0.4, -0.2) is 56.7 Å². The molecule has 1 saturated carbocycles. The van der Waals surface area contributed by atoms with Crippen molar-refractivity contribution in [1.29, 1.82) is 0 Å². The molecular weight excluding hydrogens is 502 g/mol. The number of carbonyl (C=O) groups is 2. The number of piperidine rings is 1. The largest absolute Gasteiger partial charge is 0.381 e. The van der Waals surface area contributed by atoms with E-state index in [4.69, 9.17) is 16.3 Å². The Bertz CT molecular complexity index is 1320. The van der Waals surface area contributed by atoms with Crippen LogP contribution in [0.3, 0.4) is 0 Å². The van der Waals surface area contributed by atoms with Crippen LogP contribution in [0.4, 0.5) is 8.78 Å². The number of amides is 2. The fourth-order valence-corrected chi connectivity index (χ4v) is 5.73. The van der Waals surface area contributed by atoms with Gasteiger partial charge in [-0.05, 0) is 49.1 Å². The third kappa shape index (κ3) is 4.54. The van der Waals surface area contributed by atoms with E-state index in [2.05, 4.69) is 5.32 Å². The van der Waals surface area contributed by atoms with E-state index in [1.807, 2.05) is 0 Å². The molecule has 2 aliphatic heterocycles. The first-order valence-electron chi connectivity index (χ1n) is 11.2. The van der Waals surface area contributed by atoms with Gasteiger partial charge in [-0.1, -0.05) is 17.7 Å². The van der Waals surface area contributed by atoms with Gasteiger partial charge in [0.15, 0.2) is 9.84 Å². The molecule has 0 radical (unpaired) electrons. The Morgan fingerprint density at radius 3 is 2.54 bits per heavy atom. The molecule has 186 valence electrons. The molecule has 1 N–H and O–H groups in total. The lowest BCUT2D eigenvalue weighted by molar-refractivity contribution is -0.128. The quantitative estimate of drug-likeness (QED) is 0.586. The number of likely N-dealkylation sites (tertiary alicyclic amines) is 1. The SMILES string of the molecule is CS(=O)(=O)c1cccc(C(=O)N2[C@@H](C(=O)NC(c3cc(F)c(Cl)cc3F)C3COC3)C[C@H]3C[C@H]32)c1. The lowest BCUT2D eigenvalue weighted by Crippen LogP contribution is -2.51. The summed E-state index contributed by atoms with van der Waals surface area (Å²) in [5.41, 5.74) is 0.142. The molecule has 0 bridgehead atoms. The fourth-order valence-electron chi connectivity index (χ4n) is 4.91. The van der Waals surface area contributed by atoms with Crippen molar-refractivity contribution in [2.75, 3.05) is 19.5 Å². The topological polar surface area (TPSA) is 92.8 Å². The molecule has 3 fully saturated rings. The molecule has 0 spiro atoms. The summed E-state index contributed by atoms with van der Waals surface area (Å²) in [6, 6.07) is 5.80. The number of carbonyl (C=O) groups excluding carboxylic acids is 2. The highest BCUT2D eigenvalue weighted by Crippen LogP contribution is 2.48. The van der Waals surface area contributed by atoms with Crippen LogP contribution in [0.15, 0.2) is 41.3 Å². The van der Waals surface area contributed by atoms with Crippen molar-refractivity contribution in [2.24, 2.45) is 11.8 Å². The van der Waals surface area contributed by atoms with Crippen molar-refractivity contribution in [3.63, 3.8) is 0 Å². The van der Waals surface area contributed by atoms with E-state index in [0.29, 0.717) is 6.42 Å². The molecule has 5 rings (SSSR count). The van der Waals surface area contributed by atoms with Gasteiger partial charge in [-0.2, -0.15) is 0 Å². The summed E-state index contributed by atoms with van der Waals surface area (Å²) in [6.07, 6.45) is 2.26. The molecule has 7 nitrogen and oxygen atoms in total. The minimum atomic E-state index is -3.52. The summed E-state index contributed by atoms with van der Waals surface area (Å²) >= 11 is 5.69. The second-order valence-electron chi connectivity index (χ2n) is 9.40. The Morgan fingerprint density at radius 2 is 1.89 bits per heavy atom. The summed E-state index contributed by atoms with van der Waals surface area (Å²) < 4.78 is 57.9. The van der Waals surface area contributed by atoms with Crippen molar-refractivity contribution < 1.29 is 31.5 Å². The van der Waals surface area contributed by atoms with Crippen LogP contribution in [0, 0.1) is 23.5 Å². The Kier molecular flexibility index (Phi) is 6.09.